The Kier molecular flexibility index (Phi) is 4.95. The van der Waals surface area contributed by atoms with Crippen LogP contribution in [0.5, 0.6) is 5.75 Å². The molecule has 0 amide bonds. The third-order valence-corrected chi connectivity index (χ3v) is 2.95. The molecule has 0 bridgehead atoms. The Morgan fingerprint density at radius 2 is 1.74 bits per heavy atom. The van der Waals surface area contributed by atoms with Gasteiger partial charge in [-0.1, -0.05) is 36.4 Å². The van der Waals surface area contributed by atoms with Crippen LogP contribution in [0.3, 0.4) is 0 Å². The molecule has 0 radical (unpaired) electrons. The number of methoxy groups -OCH3 is 1. The van der Waals surface area contributed by atoms with E-state index in [2.05, 4.69) is 0 Å². The van der Waals surface area contributed by atoms with E-state index in [4.69, 9.17) is 15.2 Å². The smallest absolute Gasteiger partial charge is 0.124 e. The van der Waals surface area contributed by atoms with Crippen LogP contribution >= 0.6 is 0 Å². The fourth-order valence-corrected chi connectivity index (χ4v) is 1.92. The monoisotopic (exact) mass is 257 g/mol. The number of ether oxygens (including phenoxy) is 2. The molecule has 0 saturated heterocycles. The van der Waals surface area contributed by atoms with Gasteiger partial charge in [-0.15, -0.1) is 0 Å². The van der Waals surface area contributed by atoms with Gasteiger partial charge in [0, 0.05) is 12.1 Å². The third kappa shape index (κ3) is 3.81. The molecule has 3 nitrogen and oxygen atoms in total. The first-order valence-corrected chi connectivity index (χ1v) is 6.31. The van der Waals surface area contributed by atoms with Crippen molar-refractivity contribution < 1.29 is 9.47 Å². The van der Waals surface area contributed by atoms with Gasteiger partial charge in [-0.2, -0.15) is 0 Å². The molecular formula is C16H19NO2. The van der Waals surface area contributed by atoms with E-state index in [1.54, 1.807) is 7.11 Å². The minimum Gasteiger partial charge on any atom is -0.496 e. The summed E-state index contributed by atoms with van der Waals surface area (Å²) >= 11 is 0. The van der Waals surface area contributed by atoms with E-state index < -0.39 is 0 Å². The lowest BCUT2D eigenvalue weighted by atomic mass is 10.1. The first kappa shape index (κ1) is 13.6. The minimum absolute atomic E-state index is 0.520. The van der Waals surface area contributed by atoms with Gasteiger partial charge >= 0.3 is 0 Å². The third-order valence-electron chi connectivity index (χ3n) is 2.95. The zero-order valence-corrected chi connectivity index (χ0v) is 11.1. The van der Waals surface area contributed by atoms with Crippen molar-refractivity contribution in [1.82, 2.24) is 0 Å². The van der Waals surface area contributed by atoms with Crippen molar-refractivity contribution >= 4 is 0 Å². The van der Waals surface area contributed by atoms with Crippen LogP contribution in [-0.4, -0.2) is 7.11 Å². The van der Waals surface area contributed by atoms with E-state index in [1.165, 1.54) is 0 Å². The maximum absolute atomic E-state index is 5.73. The topological polar surface area (TPSA) is 44.5 Å². The van der Waals surface area contributed by atoms with Gasteiger partial charge in [0.1, 0.15) is 5.75 Å². The van der Waals surface area contributed by atoms with Gasteiger partial charge in [0.25, 0.3) is 0 Å². The molecule has 0 aliphatic carbocycles. The zero-order chi connectivity index (χ0) is 13.5. The highest BCUT2D eigenvalue weighted by Gasteiger charge is 2.04. The van der Waals surface area contributed by atoms with Gasteiger partial charge < -0.3 is 15.2 Å². The normalized spacial score (nSPS) is 10.4. The summed E-state index contributed by atoms with van der Waals surface area (Å²) in [5, 5.41) is 0. The Morgan fingerprint density at radius 1 is 0.947 bits per heavy atom. The quantitative estimate of drug-likeness (QED) is 0.865. The Balaban J connectivity index is 1.98. The summed E-state index contributed by atoms with van der Waals surface area (Å²) in [6.45, 7) is 1.64. The molecule has 100 valence electrons. The molecule has 0 fully saturated rings. The predicted molar refractivity (Wildman–Crippen MR) is 75.8 cm³/mol. The molecule has 0 aliphatic rings. The Hall–Kier alpha value is -1.84. The maximum atomic E-state index is 5.73. The van der Waals surface area contributed by atoms with Crippen LogP contribution in [0.1, 0.15) is 16.7 Å². The zero-order valence-electron chi connectivity index (χ0n) is 11.1. The summed E-state index contributed by atoms with van der Waals surface area (Å²) in [5.41, 5.74) is 8.92. The van der Waals surface area contributed by atoms with Crippen LogP contribution < -0.4 is 10.5 Å². The van der Waals surface area contributed by atoms with Crippen molar-refractivity contribution in [2.75, 3.05) is 7.11 Å². The van der Waals surface area contributed by atoms with E-state index in [9.17, 15) is 0 Å². The average Bonchev–Trinajstić information content (AvgIpc) is 2.48. The fourth-order valence-electron chi connectivity index (χ4n) is 1.92. The molecule has 0 unspecified atom stereocenters. The summed E-state index contributed by atoms with van der Waals surface area (Å²) in [6.07, 6.45) is 0. The average molecular weight is 257 g/mol. The SMILES string of the molecule is COc1ccc(CN)cc1COCc1ccccc1. The first-order valence-electron chi connectivity index (χ1n) is 6.31. The molecule has 2 aromatic rings. The van der Waals surface area contributed by atoms with Crippen LogP contribution in [0.4, 0.5) is 0 Å². The van der Waals surface area contributed by atoms with Crippen molar-refractivity contribution in [3.8, 4) is 5.75 Å². The molecule has 0 heterocycles. The summed E-state index contributed by atoms with van der Waals surface area (Å²) in [7, 11) is 1.66. The van der Waals surface area contributed by atoms with Gasteiger partial charge in [0.05, 0.1) is 20.3 Å². The Labute approximate surface area is 114 Å². The van der Waals surface area contributed by atoms with Gasteiger partial charge in [-0.25, -0.2) is 0 Å². The van der Waals surface area contributed by atoms with Crippen LogP contribution in [0.2, 0.25) is 0 Å². The van der Waals surface area contributed by atoms with Crippen molar-refractivity contribution in [2.45, 2.75) is 19.8 Å². The molecule has 0 aliphatic heterocycles. The summed E-state index contributed by atoms with van der Waals surface area (Å²) in [4.78, 5) is 0. The minimum atomic E-state index is 0.520. The van der Waals surface area contributed by atoms with E-state index in [-0.39, 0.29) is 0 Å². The first-order chi connectivity index (χ1) is 9.33. The van der Waals surface area contributed by atoms with Gasteiger partial charge in [0.2, 0.25) is 0 Å². The van der Waals surface area contributed by atoms with Crippen molar-refractivity contribution in [3.63, 3.8) is 0 Å². The molecule has 0 spiro atoms. The molecule has 0 saturated carbocycles. The van der Waals surface area contributed by atoms with Crippen molar-refractivity contribution in [2.24, 2.45) is 5.73 Å². The summed E-state index contributed by atoms with van der Waals surface area (Å²) in [5.74, 6) is 0.838. The second kappa shape index (κ2) is 6.92. The maximum Gasteiger partial charge on any atom is 0.124 e. The van der Waals surface area contributed by atoms with Crippen molar-refractivity contribution in [3.05, 3.63) is 65.2 Å². The summed E-state index contributed by atoms with van der Waals surface area (Å²) < 4.78 is 11.1. The highest BCUT2D eigenvalue weighted by Crippen LogP contribution is 2.21. The number of hydrogen-bond acceptors (Lipinski definition) is 3. The molecule has 0 atom stereocenters. The molecule has 2 N–H and O–H groups in total. The second-order valence-corrected chi connectivity index (χ2v) is 4.33. The van der Waals surface area contributed by atoms with Crippen LogP contribution in [-0.2, 0) is 24.5 Å². The van der Waals surface area contributed by atoms with Crippen LogP contribution in [0, 0.1) is 0 Å². The van der Waals surface area contributed by atoms with E-state index >= 15 is 0 Å². The Morgan fingerprint density at radius 3 is 2.42 bits per heavy atom. The lowest BCUT2D eigenvalue weighted by Gasteiger charge is -2.11. The molecule has 2 aromatic carbocycles. The lowest BCUT2D eigenvalue weighted by molar-refractivity contribution is 0.105. The Bertz CT molecular complexity index is 511. The lowest BCUT2D eigenvalue weighted by Crippen LogP contribution is -2.01. The number of hydrogen-bond donors (Lipinski definition) is 1. The van der Waals surface area contributed by atoms with Crippen LogP contribution in [0.15, 0.2) is 48.5 Å². The van der Waals surface area contributed by atoms with E-state index in [1.807, 2.05) is 48.5 Å². The number of nitrogens with two attached hydrogens (primary N) is 1. The fraction of sp³-hybridized carbons (Fsp3) is 0.250. The number of rotatable bonds is 6. The second-order valence-electron chi connectivity index (χ2n) is 4.33. The van der Waals surface area contributed by atoms with Crippen molar-refractivity contribution in [1.29, 1.82) is 0 Å². The molecule has 0 aromatic heterocycles. The highest BCUT2D eigenvalue weighted by atomic mass is 16.5. The van der Waals surface area contributed by atoms with E-state index in [0.29, 0.717) is 19.8 Å². The predicted octanol–water partition coefficient (Wildman–Crippen LogP) is 2.87. The van der Waals surface area contributed by atoms with Crippen LogP contribution in [0.25, 0.3) is 0 Å². The van der Waals surface area contributed by atoms with Gasteiger partial charge in [-0.3, -0.25) is 0 Å². The molecule has 2 rings (SSSR count). The van der Waals surface area contributed by atoms with Gasteiger partial charge in [0.15, 0.2) is 0 Å². The van der Waals surface area contributed by atoms with E-state index in [0.717, 1.165) is 22.4 Å². The largest absolute Gasteiger partial charge is 0.496 e. The summed E-state index contributed by atoms with van der Waals surface area (Å²) in [6, 6.07) is 16.0. The van der Waals surface area contributed by atoms with Gasteiger partial charge in [-0.05, 0) is 23.3 Å². The number of benzene rings is 2. The standard InChI is InChI=1S/C16H19NO2/c1-18-16-8-7-14(10-17)9-15(16)12-19-11-13-5-3-2-4-6-13/h2-9H,10-12,17H2,1H3. The highest BCUT2D eigenvalue weighted by molar-refractivity contribution is 5.36. The molecule has 3 heteroatoms. The molecule has 19 heavy (non-hydrogen) atoms. The molecular weight excluding hydrogens is 238 g/mol.